The van der Waals surface area contributed by atoms with E-state index in [2.05, 4.69) is 0 Å². The minimum absolute atomic E-state index is 0.377. The van der Waals surface area contributed by atoms with E-state index < -0.39 is 204 Å². The Hall–Kier alpha value is -4.88. The van der Waals surface area contributed by atoms with Gasteiger partial charge in [-0.05, 0) is 49.5 Å². The Morgan fingerprint density at radius 3 is 1.54 bits per heavy atom. The van der Waals surface area contributed by atoms with E-state index in [1.165, 1.54) is 0 Å². The molecule has 8 rings (SSSR count). The lowest BCUT2D eigenvalue weighted by molar-refractivity contribution is 0.670. The van der Waals surface area contributed by atoms with Crippen LogP contribution in [-0.4, -0.2) is 0 Å². The zero-order valence-electron chi connectivity index (χ0n) is 40.4. The largest absolute Gasteiger partial charge is 0.455 e. The van der Waals surface area contributed by atoms with Crippen molar-refractivity contribution in [1.82, 2.24) is 0 Å². The summed E-state index contributed by atoms with van der Waals surface area (Å²) in [6.45, 7) is 0. The molecule has 37 heavy (non-hydrogen) atoms. The minimum Gasteiger partial charge on any atom is -0.455 e. The smallest absolute Gasteiger partial charge is 0.143 e. The summed E-state index contributed by atoms with van der Waals surface area (Å²) >= 11 is 0. The summed E-state index contributed by atoms with van der Waals surface area (Å²) in [5.74, 6) is 0. The van der Waals surface area contributed by atoms with E-state index in [-0.39, 0.29) is 5.39 Å². The number of para-hydroxylation sites is 2. The monoisotopic (exact) mass is 492 g/mol. The molecule has 1 aromatic heterocycles. The number of furan rings is 1. The van der Waals surface area contributed by atoms with Gasteiger partial charge < -0.3 is 4.42 Å². The maximum absolute atomic E-state index is 9.30. The van der Waals surface area contributed by atoms with E-state index in [9.17, 15) is 8.22 Å². The predicted octanol–water partition coefficient (Wildman–Crippen LogP) is 10.4. The molecule has 0 atom stereocenters. The Bertz CT molecular complexity index is 3260. The third-order valence-electron chi connectivity index (χ3n) is 6.12. The number of rotatable bonds is 2. The Balaban J connectivity index is 1.82. The first-order chi connectivity index (χ1) is 27.5. The molecule has 1 nitrogen and oxygen atoms in total. The molecule has 172 valence electrons. The van der Waals surface area contributed by atoms with Crippen molar-refractivity contribution in [2.75, 3.05) is 0 Å². The standard InChI is InChI=1S/C36H22O/c1-2-13-24-23(11-1)12-9-19-26(24)34-27-15-3-5-17-29(27)35(30-18-6-4-16-28(30)34)32-21-10-20-31-25-14-7-8-22-33(25)37-36(31)32/h1-22H/i1D,2D,3D,4D,5D,6D,7D,8D,9D,10D,11D,12D,13D,14D,15D,16D,17D,18D,19D,20D,21D,22D. The highest BCUT2D eigenvalue weighted by atomic mass is 16.3. The molecule has 0 radical (unpaired) electrons. The zero-order valence-corrected chi connectivity index (χ0v) is 18.4. The lowest BCUT2D eigenvalue weighted by Gasteiger charge is -2.18. The van der Waals surface area contributed by atoms with E-state index in [1.807, 2.05) is 0 Å². The molecule has 1 heteroatoms. The van der Waals surface area contributed by atoms with Crippen molar-refractivity contribution < 1.29 is 34.6 Å². The third-order valence-corrected chi connectivity index (χ3v) is 6.12. The summed E-state index contributed by atoms with van der Waals surface area (Å²) in [5.41, 5.74) is -3.53. The molecular formula is C36H22O. The van der Waals surface area contributed by atoms with Gasteiger partial charge in [0.05, 0.1) is 30.2 Å². The maximum Gasteiger partial charge on any atom is 0.143 e. The van der Waals surface area contributed by atoms with Gasteiger partial charge in [0, 0.05) is 21.9 Å². The molecule has 7 aromatic carbocycles. The lowest BCUT2D eigenvalue weighted by Crippen LogP contribution is -1.91. The molecule has 0 aliphatic rings. The van der Waals surface area contributed by atoms with Gasteiger partial charge in [0.15, 0.2) is 0 Å². The molecule has 0 spiro atoms. The summed E-state index contributed by atoms with van der Waals surface area (Å²) in [6, 6.07) is -18.5. The molecule has 8 aromatic rings. The highest BCUT2D eigenvalue weighted by Gasteiger charge is 2.20. The van der Waals surface area contributed by atoms with Gasteiger partial charge in [-0.25, -0.2) is 0 Å². The van der Waals surface area contributed by atoms with Crippen LogP contribution in [0.1, 0.15) is 30.2 Å². The molecule has 0 unspecified atom stereocenters. The highest BCUT2D eigenvalue weighted by Crippen LogP contribution is 2.47. The van der Waals surface area contributed by atoms with Gasteiger partial charge in [0.1, 0.15) is 11.2 Å². The summed E-state index contributed by atoms with van der Waals surface area (Å²) in [6.07, 6.45) is 0. The summed E-state index contributed by atoms with van der Waals surface area (Å²) in [4.78, 5) is 0. The van der Waals surface area contributed by atoms with Crippen molar-refractivity contribution in [3.63, 3.8) is 0 Å². The van der Waals surface area contributed by atoms with E-state index in [0.717, 1.165) is 0 Å². The first kappa shape index (κ1) is 8.33. The van der Waals surface area contributed by atoms with Crippen LogP contribution < -0.4 is 0 Å². The Labute approximate surface area is 245 Å². The average molecular weight is 493 g/mol. The third kappa shape index (κ3) is 2.92. The second kappa shape index (κ2) is 7.81. The van der Waals surface area contributed by atoms with Crippen molar-refractivity contribution in [2.24, 2.45) is 0 Å². The van der Waals surface area contributed by atoms with Crippen molar-refractivity contribution in [2.45, 2.75) is 0 Å². The van der Waals surface area contributed by atoms with Gasteiger partial charge in [-0.15, -0.1) is 0 Å². The molecular weight excluding hydrogens is 448 g/mol. The number of benzene rings is 7. The van der Waals surface area contributed by atoms with Gasteiger partial charge in [0.2, 0.25) is 0 Å². The quantitative estimate of drug-likeness (QED) is 0.219. The Morgan fingerprint density at radius 2 is 0.838 bits per heavy atom. The van der Waals surface area contributed by atoms with Gasteiger partial charge in [-0.1, -0.05) is 127 Å². The van der Waals surface area contributed by atoms with Crippen LogP contribution in [0.4, 0.5) is 0 Å². The van der Waals surface area contributed by atoms with Gasteiger partial charge in [-0.2, -0.15) is 0 Å². The lowest BCUT2D eigenvalue weighted by atomic mass is 9.84. The van der Waals surface area contributed by atoms with Crippen molar-refractivity contribution >= 4 is 54.3 Å². The molecule has 0 bridgehead atoms. The van der Waals surface area contributed by atoms with Crippen LogP contribution in [0, 0.1) is 0 Å². The molecule has 0 aliphatic heterocycles. The molecule has 0 N–H and O–H groups in total. The molecule has 0 amide bonds. The predicted molar refractivity (Wildman–Crippen MR) is 157 cm³/mol. The normalized spacial score (nSPS) is 20.1. The van der Waals surface area contributed by atoms with E-state index in [4.69, 9.17) is 26.3 Å². The van der Waals surface area contributed by atoms with Crippen LogP contribution in [0.25, 0.3) is 76.5 Å². The van der Waals surface area contributed by atoms with E-state index in [1.54, 1.807) is 0 Å². The highest BCUT2D eigenvalue weighted by molar-refractivity contribution is 6.25. The molecule has 0 aliphatic carbocycles. The van der Waals surface area contributed by atoms with Crippen molar-refractivity contribution in [1.29, 1.82) is 0 Å². The fourth-order valence-corrected chi connectivity index (χ4v) is 4.63. The molecule has 0 saturated carbocycles. The van der Waals surface area contributed by atoms with Crippen molar-refractivity contribution in [3.05, 3.63) is 133 Å². The van der Waals surface area contributed by atoms with Gasteiger partial charge >= 0.3 is 0 Å². The van der Waals surface area contributed by atoms with E-state index >= 15 is 0 Å². The molecule has 1 heterocycles. The fraction of sp³-hybridized carbons (Fsp3) is 0. The SMILES string of the molecule is [2H]c1c([2H])c([2H])c2c(oc3c(-c4c5c([2H])c([2H])c([2H])c([2H])c5c(-c5c([2H])c([2H])c([2H])c6c([2H])c([2H])c([2H])c([2H])c56)c5c([2H])c([2H])c([2H])c([2H])c45)c([2H])c([2H])c([2H])c32)c1[2H]. The van der Waals surface area contributed by atoms with E-state index in [0.29, 0.717) is 0 Å². The first-order valence-corrected chi connectivity index (χ1v) is 10.9. The second-order valence-electron chi connectivity index (χ2n) is 8.01. The minimum atomic E-state index is -0.915. The summed E-state index contributed by atoms with van der Waals surface area (Å²) in [5, 5.41) is -4.44. The number of fused-ring (bicyclic) bond motifs is 6. The van der Waals surface area contributed by atoms with Gasteiger partial charge in [-0.3, -0.25) is 0 Å². The Kier molecular flexibility index (Phi) is 1.76. The fourth-order valence-electron chi connectivity index (χ4n) is 4.63. The van der Waals surface area contributed by atoms with Crippen LogP contribution in [0.15, 0.2) is 137 Å². The van der Waals surface area contributed by atoms with Gasteiger partial charge in [0.25, 0.3) is 0 Å². The second-order valence-corrected chi connectivity index (χ2v) is 8.01. The van der Waals surface area contributed by atoms with Crippen LogP contribution >= 0.6 is 0 Å². The number of hydrogen-bond donors (Lipinski definition) is 0. The topological polar surface area (TPSA) is 13.1 Å². The Morgan fingerprint density at radius 1 is 0.378 bits per heavy atom. The number of hydrogen-bond acceptors (Lipinski definition) is 1. The maximum atomic E-state index is 9.30. The zero-order chi connectivity index (χ0) is 43.5. The summed E-state index contributed by atoms with van der Waals surface area (Å²) < 4.78 is 200. The van der Waals surface area contributed by atoms with Crippen LogP contribution in [0.3, 0.4) is 0 Å². The summed E-state index contributed by atoms with van der Waals surface area (Å²) in [7, 11) is 0. The molecule has 0 fully saturated rings. The average Bonchev–Trinajstić information content (AvgIpc) is 3.61. The van der Waals surface area contributed by atoms with Crippen LogP contribution in [0.2, 0.25) is 0 Å². The van der Waals surface area contributed by atoms with Crippen molar-refractivity contribution in [3.8, 4) is 22.3 Å². The first-order valence-electron chi connectivity index (χ1n) is 21.9. The van der Waals surface area contributed by atoms with Crippen LogP contribution in [0.5, 0.6) is 0 Å². The molecule has 0 saturated heterocycles. The van der Waals surface area contributed by atoms with Crippen LogP contribution in [-0.2, 0) is 0 Å².